The molecule has 0 saturated heterocycles. The van der Waals surface area contributed by atoms with Crippen molar-refractivity contribution in [2.24, 2.45) is 5.92 Å². The molecule has 0 spiro atoms. The topological polar surface area (TPSA) is 67.5 Å². The van der Waals surface area contributed by atoms with Gasteiger partial charge in [0.25, 0.3) is 0 Å². The fourth-order valence-electron chi connectivity index (χ4n) is 1.17. The van der Waals surface area contributed by atoms with Crippen LogP contribution in [0.25, 0.3) is 0 Å². The summed E-state index contributed by atoms with van der Waals surface area (Å²) in [5, 5.41) is 8.64. The zero-order valence-electron chi connectivity index (χ0n) is 9.43. The first kappa shape index (κ1) is 13.0. The molecule has 0 radical (unpaired) electrons. The molecule has 1 rings (SSSR count). The minimum absolute atomic E-state index is 0.101. The zero-order valence-corrected chi connectivity index (χ0v) is 10.3. The third-order valence-electron chi connectivity index (χ3n) is 2.10. The number of carboxylic acids is 1. The van der Waals surface area contributed by atoms with Crippen LogP contribution < -0.4 is 0 Å². The predicted octanol–water partition coefficient (Wildman–Crippen LogP) is 2.27. The maximum Gasteiger partial charge on any atom is 0.371 e. The van der Waals surface area contributed by atoms with E-state index in [0.717, 1.165) is 6.42 Å². The lowest BCUT2D eigenvalue weighted by molar-refractivity contribution is 0.0661. The van der Waals surface area contributed by atoms with Gasteiger partial charge < -0.3 is 9.52 Å². The second-order valence-corrected chi connectivity index (χ2v) is 5.62. The molecule has 0 aliphatic heterocycles. The lowest BCUT2D eigenvalue weighted by Gasteiger charge is -2.03. The first-order chi connectivity index (χ1) is 7.49. The summed E-state index contributed by atoms with van der Waals surface area (Å²) in [5.41, 5.74) is 0. The molecular weight excluding hydrogens is 228 g/mol. The van der Waals surface area contributed by atoms with Crippen LogP contribution in [0.1, 0.15) is 36.6 Å². The Hall–Kier alpha value is -1.10. The van der Waals surface area contributed by atoms with Gasteiger partial charge in [-0.15, -0.1) is 0 Å². The van der Waals surface area contributed by atoms with E-state index in [0.29, 0.717) is 23.2 Å². The third-order valence-corrected chi connectivity index (χ3v) is 3.40. The fourth-order valence-corrected chi connectivity index (χ4v) is 2.52. The Kier molecular flexibility index (Phi) is 4.73. The van der Waals surface area contributed by atoms with Crippen LogP contribution in [0.3, 0.4) is 0 Å². The molecule has 1 heterocycles. The third kappa shape index (κ3) is 4.18. The van der Waals surface area contributed by atoms with Gasteiger partial charge in [0.05, 0.1) is 5.75 Å². The molecule has 0 aliphatic rings. The Morgan fingerprint density at radius 1 is 1.50 bits per heavy atom. The smallest absolute Gasteiger partial charge is 0.371 e. The van der Waals surface area contributed by atoms with Gasteiger partial charge in [-0.3, -0.25) is 4.21 Å². The molecule has 0 fully saturated rings. The Labute approximate surface area is 97.1 Å². The molecule has 1 aromatic heterocycles. The molecule has 1 atom stereocenters. The second-order valence-electron chi connectivity index (χ2n) is 4.04. The van der Waals surface area contributed by atoms with Crippen LogP contribution in [0.15, 0.2) is 16.5 Å². The maximum atomic E-state index is 11.6. The van der Waals surface area contributed by atoms with Crippen LogP contribution in [0.4, 0.5) is 0 Å². The molecule has 0 saturated carbocycles. The molecule has 0 bridgehead atoms. The SMILES string of the molecule is CC(C)CCS(=O)Cc1ccc(C(=O)O)o1. The van der Waals surface area contributed by atoms with Crippen LogP contribution in [-0.2, 0) is 16.6 Å². The average Bonchev–Trinajstić information content (AvgIpc) is 2.63. The van der Waals surface area contributed by atoms with Gasteiger partial charge in [0.1, 0.15) is 5.76 Å². The van der Waals surface area contributed by atoms with Crippen molar-refractivity contribution in [1.29, 1.82) is 0 Å². The number of carboxylic acid groups (broad SMARTS) is 1. The van der Waals surface area contributed by atoms with Gasteiger partial charge in [-0.05, 0) is 24.5 Å². The van der Waals surface area contributed by atoms with Gasteiger partial charge in [0.2, 0.25) is 5.76 Å². The molecule has 1 N–H and O–H groups in total. The molecule has 4 nitrogen and oxygen atoms in total. The highest BCUT2D eigenvalue weighted by atomic mass is 32.2. The molecular formula is C11H16O4S. The van der Waals surface area contributed by atoms with Crippen LogP contribution in [0.5, 0.6) is 0 Å². The number of aromatic carboxylic acids is 1. The minimum Gasteiger partial charge on any atom is -0.475 e. The molecule has 90 valence electrons. The van der Waals surface area contributed by atoms with E-state index in [2.05, 4.69) is 13.8 Å². The van der Waals surface area contributed by atoms with Gasteiger partial charge in [0, 0.05) is 16.6 Å². The highest BCUT2D eigenvalue weighted by Crippen LogP contribution is 2.11. The molecule has 1 unspecified atom stereocenters. The van der Waals surface area contributed by atoms with E-state index in [4.69, 9.17) is 9.52 Å². The number of hydrogen-bond acceptors (Lipinski definition) is 3. The van der Waals surface area contributed by atoms with Gasteiger partial charge in [-0.2, -0.15) is 0 Å². The van der Waals surface area contributed by atoms with Crippen LogP contribution in [0, 0.1) is 5.92 Å². The van der Waals surface area contributed by atoms with Gasteiger partial charge >= 0.3 is 5.97 Å². The summed E-state index contributed by atoms with van der Waals surface area (Å²) in [4.78, 5) is 10.5. The van der Waals surface area contributed by atoms with E-state index >= 15 is 0 Å². The van der Waals surface area contributed by atoms with Gasteiger partial charge in [0.15, 0.2) is 0 Å². The first-order valence-electron chi connectivity index (χ1n) is 5.16. The monoisotopic (exact) mass is 244 g/mol. The maximum absolute atomic E-state index is 11.6. The molecule has 0 amide bonds. The summed E-state index contributed by atoms with van der Waals surface area (Å²) < 4.78 is 16.6. The van der Waals surface area contributed by atoms with Crippen LogP contribution in [-0.4, -0.2) is 21.0 Å². The van der Waals surface area contributed by atoms with Crippen molar-refractivity contribution in [1.82, 2.24) is 0 Å². The first-order valence-corrected chi connectivity index (χ1v) is 6.65. The molecule has 5 heteroatoms. The fraction of sp³-hybridized carbons (Fsp3) is 0.545. The van der Waals surface area contributed by atoms with Gasteiger partial charge in [-0.25, -0.2) is 4.79 Å². The lowest BCUT2D eigenvalue weighted by atomic mass is 10.2. The van der Waals surface area contributed by atoms with Crippen LogP contribution >= 0.6 is 0 Å². The Morgan fingerprint density at radius 2 is 2.19 bits per heavy atom. The Balaban J connectivity index is 2.46. The van der Waals surface area contributed by atoms with Gasteiger partial charge in [-0.1, -0.05) is 13.8 Å². The summed E-state index contributed by atoms with van der Waals surface area (Å²) >= 11 is 0. The highest BCUT2D eigenvalue weighted by molar-refractivity contribution is 7.84. The largest absolute Gasteiger partial charge is 0.475 e. The van der Waals surface area contributed by atoms with Crippen molar-refractivity contribution < 1.29 is 18.5 Å². The van der Waals surface area contributed by atoms with Crippen molar-refractivity contribution in [3.05, 3.63) is 23.7 Å². The molecule has 0 aromatic carbocycles. The number of rotatable bonds is 6. The highest BCUT2D eigenvalue weighted by Gasteiger charge is 2.11. The van der Waals surface area contributed by atoms with E-state index < -0.39 is 16.8 Å². The van der Waals surface area contributed by atoms with E-state index in [-0.39, 0.29) is 5.76 Å². The van der Waals surface area contributed by atoms with Crippen molar-refractivity contribution in [3.8, 4) is 0 Å². The number of furan rings is 1. The molecule has 0 aliphatic carbocycles. The minimum atomic E-state index is -1.10. The predicted molar refractivity (Wildman–Crippen MR) is 61.8 cm³/mol. The Morgan fingerprint density at radius 3 is 2.69 bits per heavy atom. The quantitative estimate of drug-likeness (QED) is 0.833. The standard InChI is InChI=1S/C11H16O4S/c1-8(2)5-6-16(14)7-9-3-4-10(15-9)11(12)13/h3-4,8H,5-7H2,1-2H3,(H,12,13). The average molecular weight is 244 g/mol. The normalized spacial score (nSPS) is 12.9. The van der Waals surface area contributed by atoms with Crippen molar-refractivity contribution >= 4 is 16.8 Å². The van der Waals surface area contributed by atoms with Crippen molar-refractivity contribution in [2.45, 2.75) is 26.0 Å². The summed E-state index contributed by atoms with van der Waals surface area (Å²) in [6.07, 6.45) is 0.902. The lowest BCUT2D eigenvalue weighted by Crippen LogP contribution is -2.03. The van der Waals surface area contributed by atoms with E-state index in [1.54, 1.807) is 6.07 Å². The summed E-state index contributed by atoms with van der Waals surface area (Å²) in [5.74, 6) is 0.713. The van der Waals surface area contributed by atoms with E-state index in [9.17, 15) is 9.00 Å². The second kappa shape index (κ2) is 5.84. The van der Waals surface area contributed by atoms with E-state index in [1.165, 1.54) is 6.07 Å². The van der Waals surface area contributed by atoms with E-state index in [1.807, 2.05) is 0 Å². The van der Waals surface area contributed by atoms with Crippen LogP contribution in [0.2, 0.25) is 0 Å². The van der Waals surface area contributed by atoms with Crippen molar-refractivity contribution in [2.75, 3.05) is 5.75 Å². The number of carbonyl (C=O) groups is 1. The summed E-state index contributed by atoms with van der Waals surface area (Å²) in [6, 6.07) is 2.95. The molecule has 1 aromatic rings. The van der Waals surface area contributed by atoms with Crippen molar-refractivity contribution in [3.63, 3.8) is 0 Å². The Bertz CT molecular complexity index is 381. The summed E-state index contributed by atoms with van der Waals surface area (Å²) in [7, 11) is -0.978. The molecule has 16 heavy (non-hydrogen) atoms. The summed E-state index contributed by atoms with van der Waals surface area (Å²) in [6.45, 7) is 4.15. The number of hydrogen-bond donors (Lipinski definition) is 1. The zero-order chi connectivity index (χ0) is 12.1.